The second kappa shape index (κ2) is 6.46. The van der Waals surface area contributed by atoms with Crippen molar-refractivity contribution in [1.29, 1.82) is 0 Å². The van der Waals surface area contributed by atoms with Gasteiger partial charge < -0.3 is 0 Å². The van der Waals surface area contributed by atoms with Crippen molar-refractivity contribution in [3.63, 3.8) is 0 Å². The molecular weight excluding hydrogens is 316 g/mol. The molecule has 116 valence electrons. The number of carbonyl (C=O) groups excluding carboxylic acids is 1. The van der Waals surface area contributed by atoms with E-state index in [0.717, 1.165) is 23.0 Å². The van der Waals surface area contributed by atoms with Crippen LogP contribution in [0.25, 0.3) is 10.9 Å². The van der Waals surface area contributed by atoms with E-state index in [0.29, 0.717) is 5.03 Å². The van der Waals surface area contributed by atoms with Crippen LogP contribution in [0.5, 0.6) is 0 Å². The molecule has 1 atom stereocenters. The zero-order chi connectivity index (χ0) is 16.4. The second-order valence-corrected chi connectivity index (χ2v) is 6.46. The van der Waals surface area contributed by atoms with Gasteiger partial charge in [0.1, 0.15) is 0 Å². The van der Waals surface area contributed by atoms with Crippen molar-refractivity contribution in [1.82, 2.24) is 4.98 Å². The number of hydrogen-bond donors (Lipinski definition) is 0. The molecule has 2 aromatic carbocycles. The maximum absolute atomic E-state index is 13.3. The molecule has 1 heterocycles. The number of thioether (sulfide) groups is 1. The molecule has 0 N–H and O–H groups in total. The minimum absolute atomic E-state index is 0.157. The first-order chi connectivity index (χ1) is 11.0. The average molecular weight is 329 g/mol. The number of pyridine rings is 1. The number of aromatic nitrogens is 1. The Kier molecular flexibility index (Phi) is 4.39. The van der Waals surface area contributed by atoms with E-state index in [1.807, 2.05) is 36.4 Å². The maximum atomic E-state index is 13.3. The van der Waals surface area contributed by atoms with E-state index in [4.69, 9.17) is 0 Å². The van der Waals surface area contributed by atoms with Gasteiger partial charge in [-0.2, -0.15) is 0 Å². The van der Waals surface area contributed by atoms with Crippen LogP contribution in [0.2, 0.25) is 0 Å². The molecule has 0 aliphatic heterocycles. The molecular formula is C18H13F2NOS. The summed E-state index contributed by atoms with van der Waals surface area (Å²) in [5.74, 6) is -2.24. The molecule has 23 heavy (non-hydrogen) atoms. The standard InChI is InChI=1S/C18H13F2NOS/c1-11(18(22)13-6-8-14(19)15(20)10-13)23-17-9-7-12-4-2-3-5-16(12)21-17/h2-11H,1H3/t11-/m1/s1. The van der Waals surface area contributed by atoms with Crippen LogP contribution in [0, 0.1) is 11.6 Å². The van der Waals surface area contributed by atoms with Gasteiger partial charge in [0.15, 0.2) is 17.4 Å². The zero-order valence-electron chi connectivity index (χ0n) is 12.3. The molecule has 3 rings (SSSR count). The summed E-state index contributed by atoms with van der Waals surface area (Å²) in [5.41, 5.74) is 1.01. The van der Waals surface area contributed by atoms with Gasteiger partial charge in [0.25, 0.3) is 0 Å². The van der Waals surface area contributed by atoms with E-state index in [9.17, 15) is 13.6 Å². The van der Waals surface area contributed by atoms with E-state index >= 15 is 0 Å². The first kappa shape index (κ1) is 15.6. The van der Waals surface area contributed by atoms with Crippen LogP contribution >= 0.6 is 11.8 Å². The number of fused-ring (bicyclic) bond motifs is 1. The third kappa shape index (κ3) is 3.40. The highest BCUT2D eigenvalue weighted by atomic mass is 32.2. The van der Waals surface area contributed by atoms with E-state index in [-0.39, 0.29) is 11.3 Å². The SMILES string of the molecule is C[C@@H](Sc1ccc2ccccc2n1)C(=O)c1ccc(F)c(F)c1. The largest absolute Gasteiger partial charge is 0.293 e. The number of para-hydroxylation sites is 1. The summed E-state index contributed by atoms with van der Waals surface area (Å²) < 4.78 is 26.2. The minimum Gasteiger partial charge on any atom is -0.293 e. The quantitative estimate of drug-likeness (QED) is 0.505. The van der Waals surface area contributed by atoms with E-state index in [2.05, 4.69) is 4.98 Å². The van der Waals surface area contributed by atoms with Gasteiger partial charge in [-0.1, -0.05) is 36.0 Å². The van der Waals surface area contributed by atoms with Crippen molar-refractivity contribution in [3.05, 3.63) is 71.8 Å². The van der Waals surface area contributed by atoms with E-state index < -0.39 is 16.9 Å². The van der Waals surface area contributed by atoms with Crippen molar-refractivity contribution in [3.8, 4) is 0 Å². The molecule has 5 heteroatoms. The molecule has 0 amide bonds. The van der Waals surface area contributed by atoms with Gasteiger partial charge >= 0.3 is 0 Å². The van der Waals surface area contributed by atoms with Crippen molar-refractivity contribution in [2.75, 3.05) is 0 Å². The first-order valence-electron chi connectivity index (χ1n) is 7.06. The molecule has 0 aliphatic rings. The Morgan fingerprint density at radius 2 is 1.83 bits per heavy atom. The molecule has 0 spiro atoms. The van der Waals surface area contributed by atoms with Crippen molar-refractivity contribution >= 4 is 28.4 Å². The molecule has 2 nitrogen and oxygen atoms in total. The molecule has 0 radical (unpaired) electrons. The highest BCUT2D eigenvalue weighted by molar-refractivity contribution is 8.00. The Bertz CT molecular complexity index is 882. The summed E-state index contributed by atoms with van der Waals surface area (Å²) in [4.78, 5) is 16.8. The molecule has 0 fully saturated rings. The van der Waals surface area contributed by atoms with Gasteiger partial charge in [-0.3, -0.25) is 4.79 Å². The van der Waals surface area contributed by atoms with Gasteiger partial charge in [-0.05, 0) is 37.3 Å². The number of ketones is 1. The molecule has 0 saturated heterocycles. The third-order valence-corrected chi connectivity index (χ3v) is 4.48. The summed E-state index contributed by atoms with van der Waals surface area (Å²) in [6.45, 7) is 1.73. The monoisotopic (exact) mass is 329 g/mol. The number of halogens is 2. The zero-order valence-corrected chi connectivity index (χ0v) is 13.1. The van der Waals surface area contributed by atoms with E-state index in [1.165, 1.54) is 17.8 Å². The van der Waals surface area contributed by atoms with Gasteiger partial charge in [0, 0.05) is 10.9 Å². The van der Waals surface area contributed by atoms with Crippen LogP contribution < -0.4 is 0 Å². The Labute approximate surface area is 136 Å². The molecule has 0 bridgehead atoms. The number of nitrogens with zero attached hydrogens (tertiary/aromatic N) is 1. The van der Waals surface area contributed by atoms with Gasteiger partial charge in [-0.15, -0.1) is 0 Å². The van der Waals surface area contributed by atoms with Crippen molar-refractivity contribution in [2.45, 2.75) is 17.2 Å². The minimum atomic E-state index is -1.02. The van der Waals surface area contributed by atoms with Crippen LogP contribution in [-0.2, 0) is 0 Å². The summed E-state index contributed by atoms with van der Waals surface area (Å²) >= 11 is 1.29. The Balaban J connectivity index is 1.80. The van der Waals surface area contributed by atoms with E-state index in [1.54, 1.807) is 6.92 Å². The Morgan fingerprint density at radius 1 is 1.04 bits per heavy atom. The van der Waals surface area contributed by atoms with Gasteiger partial charge in [0.05, 0.1) is 15.8 Å². The van der Waals surface area contributed by atoms with Crippen molar-refractivity contribution < 1.29 is 13.6 Å². The smallest absolute Gasteiger partial charge is 0.176 e. The molecule has 3 aromatic rings. The van der Waals surface area contributed by atoms with Crippen LogP contribution in [-0.4, -0.2) is 16.0 Å². The predicted octanol–water partition coefficient (Wildman–Crippen LogP) is 4.88. The number of rotatable bonds is 4. The molecule has 0 saturated carbocycles. The molecule has 0 aliphatic carbocycles. The molecule has 1 aromatic heterocycles. The topological polar surface area (TPSA) is 30.0 Å². The highest BCUT2D eigenvalue weighted by Crippen LogP contribution is 2.26. The Morgan fingerprint density at radius 3 is 2.61 bits per heavy atom. The van der Waals surface area contributed by atoms with Gasteiger partial charge in [0.2, 0.25) is 0 Å². The van der Waals surface area contributed by atoms with Crippen LogP contribution in [0.3, 0.4) is 0 Å². The fraction of sp³-hybridized carbons (Fsp3) is 0.111. The van der Waals surface area contributed by atoms with Crippen molar-refractivity contribution in [2.24, 2.45) is 0 Å². The summed E-state index contributed by atoms with van der Waals surface area (Å²) in [7, 11) is 0. The normalized spacial score (nSPS) is 12.3. The third-order valence-electron chi connectivity index (χ3n) is 3.44. The fourth-order valence-electron chi connectivity index (χ4n) is 2.23. The molecule has 0 unspecified atom stereocenters. The van der Waals surface area contributed by atoms with Gasteiger partial charge in [-0.25, -0.2) is 13.8 Å². The van der Waals surface area contributed by atoms with Crippen LogP contribution in [0.1, 0.15) is 17.3 Å². The second-order valence-electron chi connectivity index (χ2n) is 5.10. The highest BCUT2D eigenvalue weighted by Gasteiger charge is 2.18. The number of hydrogen-bond acceptors (Lipinski definition) is 3. The number of Topliss-reactive ketones (excluding diaryl/α,β-unsaturated/α-hetero) is 1. The lowest BCUT2D eigenvalue weighted by Crippen LogP contribution is -2.14. The number of benzene rings is 2. The predicted molar refractivity (Wildman–Crippen MR) is 87.8 cm³/mol. The summed E-state index contributed by atoms with van der Waals surface area (Å²) in [6, 6.07) is 14.7. The van der Waals surface area contributed by atoms with Crippen LogP contribution in [0.4, 0.5) is 8.78 Å². The lowest BCUT2D eigenvalue weighted by molar-refractivity contribution is 0.0993. The Hall–Kier alpha value is -2.27. The number of carbonyl (C=O) groups is 1. The first-order valence-corrected chi connectivity index (χ1v) is 7.94. The summed E-state index contributed by atoms with van der Waals surface area (Å²) in [6.07, 6.45) is 0. The maximum Gasteiger partial charge on any atom is 0.176 e. The fourth-order valence-corrected chi connectivity index (χ4v) is 3.13. The summed E-state index contributed by atoms with van der Waals surface area (Å²) in [5, 5.41) is 1.29. The average Bonchev–Trinajstić information content (AvgIpc) is 2.56. The van der Waals surface area contributed by atoms with Crippen LogP contribution in [0.15, 0.2) is 59.6 Å². The lowest BCUT2D eigenvalue weighted by atomic mass is 10.1. The lowest BCUT2D eigenvalue weighted by Gasteiger charge is -2.10.